The van der Waals surface area contributed by atoms with Crippen molar-refractivity contribution in [3.63, 3.8) is 0 Å². The van der Waals surface area contributed by atoms with Crippen molar-refractivity contribution in [2.45, 2.75) is 17.4 Å². The topological polar surface area (TPSA) is 108 Å². The van der Waals surface area contributed by atoms with Gasteiger partial charge in [-0.15, -0.1) is 0 Å². The van der Waals surface area contributed by atoms with Crippen LogP contribution in [-0.2, 0) is 14.8 Å². The summed E-state index contributed by atoms with van der Waals surface area (Å²) in [4.78, 5) is 15.3. The number of hydrogen-bond acceptors (Lipinski definition) is 5. The molecule has 122 valence electrons. The second kappa shape index (κ2) is 6.23. The summed E-state index contributed by atoms with van der Waals surface area (Å²) in [5, 5.41) is 12.8. The van der Waals surface area contributed by atoms with Gasteiger partial charge in [0.15, 0.2) is 0 Å². The normalized spacial score (nSPS) is 22.1. The average Bonchev–Trinajstić information content (AvgIpc) is 2.54. The van der Waals surface area contributed by atoms with Gasteiger partial charge in [-0.3, -0.25) is 9.78 Å². The van der Waals surface area contributed by atoms with Crippen LogP contribution in [0.3, 0.4) is 0 Å². The molecule has 0 saturated carbocycles. The Bertz CT molecular complexity index is 832. The van der Waals surface area contributed by atoms with Crippen molar-refractivity contribution in [2.75, 3.05) is 13.1 Å². The minimum atomic E-state index is -3.78. The van der Waals surface area contributed by atoms with Gasteiger partial charge in [0.2, 0.25) is 10.0 Å². The highest BCUT2D eigenvalue weighted by molar-refractivity contribution is 7.89. The molecule has 2 aromatic rings. The Balaban J connectivity index is 1.88. The number of carbonyl (C=O) groups is 1. The Kier molecular flexibility index (Phi) is 4.29. The number of nitrogens with one attached hydrogen (secondary N) is 2. The van der Waals surface area contributed by atoms with Crippen LogP contribution in [0, 0.1) is 5.92 Å². The molecular formula is C15H17N3O4S. The van der Waals surface area contributed by atoms with Crippen LogP contribution in [0.1, 0.15) is 6.42 Å². The summed E-state index contributed by atoms with van der Waals surface area (Å²) < 4.78 is 27.9. The van der Waals surface area contributed by atoms with Gasteiger partial charge in [0, 0.05) is 30.7 Å². The molecule has 0 amide bonds. The quantitative estimate of drug-likeness (QED) is 0.754. The van der Waals surface area contributed by atoms with Crippen LogP contribution in [-0.4, -0.2) is 43.6 Å². The van der Waals surface area contributed by atoms with Gasteiger partial charge in [-0.25, -0.2) is 13.1 Å². The monoisotopic (exact) mass is 335 g/mol. The highest BCUT2D eigenvalue weighted by Crippen LogP contribution is 2.21. The third kappa shape index (κ3) is 3.34. The van der Waals surface area contributed by atoms with E-state index >= 15 is 0 Å². The largest absolute Gasteiger partial charge is 0.481 e. The molecule has 3 rings (SSSR count). The van der Waals surface area contributed by atoms with E-state index < -0.39 is 28.0 Å². The minimum Gasteiger partial charge on any atom is -0.481 e. The lowest BCUT2D eigenvalue weighted by Crippen LogP contribution is -2.50. The van der Waals surface area contributed by atoms with E-state index in [-0.39, 0.29) is 11.3 Å². The molecule has 1 aromatic heterocycles. The predicted molar refractivity (Wildman–Crippen MR) is 84.5 cm³/mol. The van der Waals surface area contributed by atoms with Crippen LogP contribution < -0.4 is 10.0 Å². The van der Waals surface area contributed by atoms with E-state index in [9.17, 15) is 13.2 Å². The van der Waals surface area contributed by atoms with Gasteiger partial charge < -0.3 is 10.4 Å². The molecule has 1 aliphatic rings. The highest BCUT2D eigenvalue weighted by Gasteiger charge is 2.30. The number of piperidine rings is 1. The van der Waals surface area contributed by atoms with Gasteiger partial charge in [-0.2, -0.15) is 0 Å². The number of para-hydroxylation sites is 1. The van der Waals surface area contributed by atoms with Crippen LogP contribution >= 0.6 is 0 Å². The van der Waals surface area contributed by atoms with Gasteiger partial charge >= 0.3 is 5.97 Å². The van der Waals surface area contributed by atoms with Crippen molar-refractivity contribution < 1.29 is 18.3 Å². The Morgan fingerprint density at radius 2 is 2.04 bits per heavy atom. The summed E-state index contributed by atoms with van der Waals surface area (Å²) in [5.74, 6) is -1.52. The third-order valence-corrected chi connectivity index (χ3v) is 5.46. The summed E-state index contributed by atoms with van der Waals surface area (Å²) in [6, 6.07) is 8.04. The van der Waals surface area contributed by atoms with Gasteiger partial charge in [-0.1, -0.05) is 18.2 Å². The van der Waals surface area contributed by atoms with E-state index in [1.807, 2.05) is 0 Å². The summed E-state index contributed by atoms with van der Waals surface area (Å²) in [6.07, 6.45) is 1.81. The molecule has 23 heavy (non-hydrogen) atoms. The van der Waals surface area contributed by atoms with E-state index in [0.29, 0.717) is 18.6 Å². The fraction of sp³-hybridized carbons (Fsp3) is 0.333. The summed E-state index contributed by atoms with van der Waals surface area (Å²) >= 11 is 0. The van der Waals surface area contributed by atoms with E-state index in [0.717, 1.165) is 5.39 Å². The van der Waals surface area contributed by atoms with Crippen molar-refractivity contribution in [3.05, 3.63) is 36.5 Å². The predicted octanol–water partition coefficient (Wildman–Crippen LogP) is 0.576. The first kappa shape index (κ1) is 15.9. The smallest absolute Gasteiger partial charge is 0.307 e. The van der Waals surface area contributed by atoms with Gasteiger partial charge in [0.05, 0.1) is 11.4 Å². The maximum atomic E-state index is 12.7. The molecule has 0 spiro atoms. The zero-order chi connectivity index (χ0) is 16.4. The fourth-order valence-corrected chi connectivity index (χ4v) is 4.22. The number of fused-ring (bicyclic) bond motifs is 1. The lowest BCUT2D eigenvalue weighted by atomic mass is 9.97. The number of aromatic nitrogens is 1. The maximum Gasteiger partial charge on any atom is 0.307 e. The third-order valence-electron chi connectivity index (χ3n) is 3.91. The summed E-state index contributed by atoms with van der Waals surface area (Å²) in [6.45, 7) is 0.755. The molecule has 2 atom stereocenters. The average molecular weight is 335 g/mol. The number of rotatable bonds is 4. The van der Waals surface area contributed by atoms with Crippen LogP contribution in [0.5, 0.6) is 0 Å². The van der Waals surface area contributed by atoms with Gasteiger partial charge in [0.25, 0.3) is 0 Å². The van der Waals surface area contributed by atoms with E-state index in [4.69, 9.17) is 5.11 Å². The minimum absolute atomic E-state index is 0.105. The van der Waals surface area contributed by atoms with Crippen molar-refractivity contribution in [1.29, 1.82) is 0 Å². The van der Waals surface area contributed by atoms with Crippen molar-refractivity contribution in [2.24, 2.45) is 5.92 Å². The molecule has 7 nitrogen and oxygen atoms in total. The number of sulfonamides is 1. The van der Waals surface area contributed by atoms with Crippen LogP contribution in [0.4, 0.5) is 0 Å². The SMILES string of the molecule is O=C(O)[C@@H]1CNC[C@H](NS(=O)(=O)c2cccc3cccnc23)C1. The number of carboxylic acids is 1. The number of benzene rings is 1. The molecule has 0 aliphatic carbocycles. The van der Waals surface area contributed by atoms with Gasteiger partial charge in [-0.05, 0) is 18.6 Å². The highest BCUT2D eigenvalue weighted by atomic mass is 32.2. The maximum absolute atomic E-state index is 12.7. The number of aliphatic carboxylic acids is 1. The van der Waals surface area contributed by atoms with Crippen LogP contribution in [0.25, 0.3) is 10.9 Å². The van der Waals surface area contributed by atoms with Crippen LogP contribution in [0.15, 0.2) is 41.4 Å². The summed E-state index contributed by atoms with van der Waals surface area (Å²) in [7, 11) is -3.78. The molecule has 2 heterocycles. The molecule has 1 saturated heterocycles. The molecule has 1 aromatic carbocycles. The van der Waals surface area contributed by atoms with Gasteiger partial charge in [0.1, 0.15) is 4.90 Å². The Morgan fingerprint density at radius 1 is 1.26 bits per heavy atom. The van der Waals surface area contributed by atoms with Crippen LogP contribution in [0.2, 0.25) is 0 Å². The number of pyridine rings is 1. The van der Waals surface area contributed by atoms with E-state index in [1.165, 1.54) is 6.07 Å². The Morgan fingerprint density at radius 3 is 2.83 bits per heavy atom. The second-order valence-electron chi connectivity index (χ2n) is 5.58. The first-order valence-electron chi connectivity index (χ1n) is 7.27. The molecule has 0 unspecified atom stereocenters. The first-order valence-corrected chi connectivity index (χ1v) is 8.75. The lowest BCUT2D eigenvalue weighted by Gasteiger charge is -2.28. The molecular weight excluding hydrogens is 318 g/mol. The first-order chi connectivity index (χ1) is 11.0. The second-order valence-corrected chi connectivity index (χ2v) is 7.26. The Labute approximate surface area is 133 Å². The van der Waals surface area contributed by atoms with E-state index in [1.54, 1.807) is 30.5 Å². The van der Waals surface area contributed by atoms with E-state index in [2.05, 4.69) is 15.0 Å². The Hall–Kier alpha value is -2.03. The standard InChI is InChI=1S/C15H17N3O4S/c19-15(20)11-7-12(9-16-8-11)18-23(21,22)13-5-1-3-10-4-2-6-17-14(10)13/h1-6,11-12,16,18H,7-9H2,(H,19,20)/t11-,12+/m0/s1. The van der Waals surface area contributed by atoms with Crippen molar-refractivity contribution in [1.82, 2.24) is 15.0 Å². The number of hydrogen-bond donors (Lipinski definition) is 3. The van der Waals surface area contributed by atoms with Crippen molar-refractivity contribution >= 4 is 26.9 Å². The van der Waals surface area contributed by atoms with Crippen molar-refractivity contribution in [3.8, 4) is 0 Å². The zero-order valence-corrected chi connectivity index (χ0v) is 13.1. The lowest BCUT2D eigenvalue weighted by molar-refractivity contribution is -0.142. The zero-order valence-electron chi connectivity index (χ0n) is 12.3. The molecule has 0 bridgehead atoms. The molecule has 1 fully saturated rings. The molecule has 8 heteroatoms. The summed E-state index contributed by atoms with van der Waals surface area (Å²) in [5.41, 5.74) is 0.404. The number of nitrogens with zero attached hydrogens (tertiary/aromatic N) is 1. The number of carboxylic acid groups (broad SMARTS) is 1. The molecule has 3 N–H and O–H groups in total. The molecule has 1 aliphatic heterocycles. The molecule has 0 radical (unpaired) electrons. The fourth-order valence-electron chi connectivity index (χ4n) is 2.80.